The molecular weight excluding hydrogens is 199 g/mol. The number of nitrogens with zero attached hydrogens (tertiary/aromatic N) is 1. The smallest absolute Gasteiger partial charge is 0.421 e. The van der Waals surface area contributed by atoms with Crippen LogP contribution in [0.4, 0.5) is 13.2 Å². The first kappa shape index (κ1) is 10.6. The fourth-order valence-electron chi connectivity index (χ4n) is 0.912. The van der Waals surface area contributed by atoms with Gasteiger partial charge in [-0.05, 0) is 0 Å². The Morgan fingerprint density at radius 1 is 1.21 bits per heavy atom. The Morgan fingerprint density at radius 3 is 2.29 bits per heavy atom. The fourth-order valence-corrected chi connectivity index (χ4v) is 0.912. The molecule has 0 unspecified atom stereocenters. The Kier molecular flexibility index (Phi) is 2.83. The summed E-state index contributed by atoms with van der Waals surface area (Å²) in [7, 11) is 2.47. The first-order valence-electron chi connectivity index (χ1n) is 3.64. The molecule has 1 heterocycles. The van der Waals surface area contributed by atoms with Crippen LogP contribution in [-0.4, -0.2) is 19.2 Å². The highest BCUT2D eigenvalue weighted by molar-refractivity contribution is 5.37. The van der Waals surface area contributed by atoms with Crippen molar-refractivity contribution < 1.29 is 22.6 Å². The average molecular weight is 207 g/mol. The molecular formula is C8H8F3NO2. The van der Waals surface area contributed by atoms with Gasteiger partial charge >= 0.3 is 6.18 Å². The van der Waals surface area contributed by atoms with E-state index in [9.17, 15) is 13.2 Å². The van der Waals surface area contributed by atoms with Crippen molar-refractivity contribution >= 4 is 0 Å². The highest BCUT2D eigenvalue weighted by Crippen LogP contribution is 2.36. The topological polar surface area (TPSA) is 31.4 Å². The second kappa shape index (κ2) is 3.73. The van der Waals surface area contributed by atoms with E-state index in [0.29, 0.717) is 6.20 Å². The standard InChI is InChI=1S/C8H8F3NO2/c1-13-6-3-7(14-2)12-4-5(6)8(9,10)11/h3-4H,1-2H3. The molecule has 1 aromatic heterocycles. The monoisotopic (exact) mass is 207 g/mol. The molecule has 0 aromatic carbocycles. The SMILES string of the molecule is COc1cc(OC)c(C(F)(F)F)cn1. The summed E-state index contributed by atoms with van der Waals surface area (Å²) in [5.41, 5.74) is -0.916. The molecule has 0 fully saturated rings. The lowest BCUT2D eigenvalue weighted by Crippen LogP contribution is -2.08. The zero-order chi connectivity index (χ0) is 10.8. The van der Waals surface area contributed by atoms with Crippen LogP contribution in [0.15, 0.2) is 12.3 Å². The van der Waals surface area contributed by atoms with Gasteiger partial charge in [0.1, 0.15) is 11.3 Å². The minimum atomic E-state index is -4.47. The van der Waals surface area contributed by atoms with Gasteiger partial charge in [0.05, 0.1) is 14.2 Å². The van der Waals surface area contributed by atoms with Gasteiger partial charge in [0.15, 0.2) is 0 Å². The van der Waals surface area contributed by atoms with Crippen molar-refractivity contribution in [2.24, 2.45) is 0 Å². The third-order valence-corrected chi connectivity index (χ3v) is 1.58. The second-order valence-electron chi connectivity index (χ2n) is 2.42. The predicted octanol–water partition coefficient (Wildman–Crippen LogP) is 2.12. The van der Waals surface area contributed by atoms with E-state index in [0.717, 1.165) is 13.2 Å². The first-order chi connectivity index (χ1) is 6.49. The van der Waals surface area contributed by atoms with Gasteiger partial charge in [-0.1, -0.05) is 0 Å². The number of methoxy groups -OCH3 is 2. The molecule has 0 saturated carbocycles. The molecule has 78 valence electrons. The number of halogens is 3. The molecule has 6 heteroatoms. The van der Waals surface area contributed by atoms with Crippen molar-refractivity contribution in [1.29, 1.82) is 0 Å². The van der Waals surface area contributed by atoms with Crippen molar-refractivity contribution in [3.63, 3.8) is 0 Å². The van der Waals surface area contributed by atoms with Crippen LogP contribution in [0.5, 0.6) is 11.6 Å². The number of hydrogen-bond acceptors (Lipinski definition) is 3. The van der Waals surface area contributed by atoms with Crippen LogP contribution in [0.25, 0.3) is 0 Å². The van der Waals surface area contributed by atoms with Crippen molar-refractivity contribution in [3.8, 4) is 11.6 Å². The minimum absolute atomic E-state index is 0.0786. The van der Waals surface area contributed by atoms with Crippen LogP contribution in [-0.2, 0) is 6.18 Å². The van der Waals surface area contributed by atoms with Gasteiger partial charge in [-0.25, -0.2) is 4.98 Å². The van der Waals surface area contributed by atoms with Crippen LogP contribution >= 0.6 is 0 Å². The summed E-state index contributed by atoms with van der Waals surface area (Å²) in [6, 6.07) is 1.09. The maximum atomic E-state index is 12.3. The Labute approximate surface area is 78.5 Å². The molecule has 0 saturated heterocycles. The summed E-state index contributed by atoms with van der Waals surface area (Å²) in [6.45, 7) is 0. The summed E-state index contributed by atoms with van der Waals surface area (Å²) in [4.78, 5) is 3.45. The number of hydrogen-bond donors (Lipinski definition) is 0. The summed E-state index contributed by atoms with van der Waals surface area (Å²) >= 11 is 0. The number of rotatable bonds is 2. The molecule has 3 nitrogen and oxygen atoms in total. The average Bonchev–Trinajstić information content (AvgIpc) is 2.15. The molecule has 0 aliphatic heterocycles. The van der Waals surface area contributed by atoms with E-state index in [1.54, 1.807) is 0 Å². The summed E-state index contributed by atoms with van der Waals surface area (Å²) in [5, 5.41) is 0. The van der Waals surface area contributed by atoms with Gasteiger partial charge in [0, 0.05) is 12.3 Å². The molecule has 0 aliphatic carbocycles. The highest BCUT2D eigenvalue weighted by atomic mass is 19.4. The highest BCUT2D eigenvalue weighted by Gasteiger charge is 2.35. The first-order valence-corrected chi connectivity index (χ1v) is 3.64. The maximum Gasteiger partial charge on any atom is 0.421 e. The van der Waals surface area contributed by atoms with E-state index in [1.165, 1.54) is 7.11 Å². The molecule has 14 heavy (non-hydrogen) atoms. The van der Waals surface area contributed by atoms with Gasteiger partial charge in [-0.15, -0.1) is 0 Å². The fraction of sp³-hybridized carbons (Fsp3) is 0.375. The molecule has 1 aromatic rings. The molecule has 0 spiro atoms. The number of pyridine rings is 1. The molecule has 0 amide bonds. The van der Waals surface area contributed by atoms with Crippen molar-refractivity contribution in [2.75, 3.05) is 14.2 Å². The van der Waals surface area contributed by atoms with E-state index in [4.69, 9.17) is 0 Å². The molecule has 0 atom stereocenters. The van der Waals surface area contributed by atoms with E-state index in [1.807, 2.05) is 0 Å². The second-order valence-corrected chi connectivity index (χ2v) is 2.42. The molecule has 0 bridgehead atoms. The van der Waals surface area contributed by atoms with Crippen LogP contribution in [0.2, 0.25) is 0 Å². The maximum absolute atomic E-state index is 12.3. The van der Waals surface area contributed by atoms with Gasteiger partial charge in [-0.2, -0.15) is 13.2 Å². The van der Waals surface area contributed by atoms with Crippen LogP contribution in [0.3, 0.4) is 0 Å². The third kappa shape index (κ3) is 2.07. The van der Waals surface area contributed by atoms with Crippen LogP contribution in [0, 0.1) is 0 Å². The normalized spacial score (nSPS) is 11.2. The van der Waals surface area contributed by atoms with E-state index < -0.39 is 11.7 Å². The number of ether oxygens (including phenoxy) is 2. The third-order valence-electron chi connectivity index (χ3n) is 1.58. The Morgan fingerprint density at radius 2 is 1.86 bits per heavy atom. The molecule has 0 N–H and O–H groups in total. The Balaban J connectivity index is 3.18. The van der Waals surface area contributed by atoms with E-state index >= 15 is 0 Å². The van der Waals surface area contributed by atoms with Crippen LogP contribution in [0.1, 0.15) is 5.56 Å². The summed E-state index contributed by atoms with van der Waals surface area (Å²) in [6.07, 6.45) is -3.79. The quantitative estimate of drug-likeness (QED) is 0.744. The lowest BCUT2D eigenvalue weighted by Gasteiger charge is -2.11. The lowest BCUT2D eigenvalue weighted by molar-refractivity contribution is -0.139. The largest absolute Gasteiger partial charge is 0.496 e. The molecule has 0 aliphatic rings. The van der Waals surface area contributed by atoms with Crippen molar-refractivity contribution in [3.05, 3.63) is 17.8 Å². The van der Waals surface area contributed by atoms with Crippen LogP contribution < -0.4 is 9.47 Å². The van der Waals surface area contributed by atoms with Gasteiger partial charge in [0.2, 0.25) is 5.88 Å². The Hall–Kier alpha value is -1.46. The van der Waals surface area contributed by atoms with Gasteiger partial charge in [-0.3, -0.25) is 0 Å². The van der Waals surface area contributed by atoms with Crippen molar-refractivity contribution in [1.82, 2.24) is 4.98 Å². The Bertz CT molecular complexity index is 325. The van der Waals surface area contributed by atoms with E-state index in [2.05, 4.69) is 14.5 Å². The minimum Gasteiger partial charge on any atom is -0.496 e. The summed E-state index contributed by atoms with van der Waals surface area (Å²) in [5.74, 6) is -0.223. The summed E-state index contributed by atoms with van der Waals surface area (Å²) < 4.78 is 46.2. The number of aromatic nitrogens is 1. The molecule has 0 radical (unpaired) electrons. The zero-order valence-electron chi connectivity index (χ0n) is 7.55. The van der Waals surface area contributed by atoms with E-state index in [-0.39, 0.29) is 11.6 Å². The van der Waals surface area contributed by atoms with Gasteiger partial charge < -0.3 is 9.47 Å². The van der Waals surface area contributed by atoms with Crippen molar-refractivity contribution in [2.45, 2.75) is 6.18 Å². The van der Waals surface area contributed by atoms with Gasteiger partial charge in [0.25, 0.3) is 0 Å². The zero-order valence-corrected chi connectivity index (χ0v) is 7.55. The lowest BCUT2D eigenvalue weighted by atomic mass is 10.2. The predicted molar refractivity (Wildman–Crippen MR) is 42.3 cm³/mol. The number of alkyl halides is 3. The molecule has 1 rings (SSSR count).